The molecule has 5 nitrogen and oxygen atoms in total. The molecule has 0 spiro atoms. The maximum Gasteiger partial charge on any atom is 0.325 e. The number of rotatable bonds is 3. The van der Waals surface area contributed by atoms with E-state index >= 15 is 0 Å². The Bertz CT molecular complexity index is 581. The number of amides is 2. The largest absolute Gasteiger partial charge is 0.468 e. The highest BCUT2D eigenvalue weighted by molar-refractivity contribution is 9.10. The Morgan fingerprint density at radius 2 is 2.26 bits per heavy atom. The second-order valence-corrected chi connectivity index (χ2v) is 6.36. The van der Waals surface area contributed by atoms with Crippen molar-refractivity contribution in [2.75, 3.05) is 13.7 Å². The maximum atomic E-state index is 12.0. The van der Waals surface area contributed by atoms with Crippen LogP contribution in [-0.2, 0) is 14.3 Å². The van der Waals surface area contributed by atoms with Gasteiger partial charge in [0, 0.05) is 14.7 Å². The molecule has 2 rings (SSSR count). The van der Waals surface area contributed by atoms with E-state index in [-0.39, 0.29) is 6.54 Å². The van der Waals surface area contributed by atoms with Gasteiger partial charge >= 0.3 is 5.97 Å². The molecule has 1 aliphatic rings. The molecule has 2 heterocycles. The molecule has 0 saturated carbocycles. The van der Waals surface area contributed by atoms with E-state index in [0.717, 1.165) is 26.0 Å². The molecule has 8 heteroatoms. The van der Waals surface area contributed by atoms with Crippen molar-refractivity contribution in [1.82, 2.24) is 4.90 Å². The maximum absolute atomic E-state index is 12.0. The van der Waals surface area contributed by atoms with Gasteiger partial charge in [0.15, 0.2) is 0 Å². The van der Waals surface area contributed by atoms with E-state index in [4.69, 9.17) is 0 Å². The van der Waals surface area contributed by atoms with Crippen LogP contribution in [-0.4, -0.2) is 35.7 Å². The van der Waals surface area contributed by atoms with Crippen molar-refractivity contribution in [3.05, 3.63) is 25.7 Å². The Kier molecular flexibility index (Phi) is 4.43. The van der Waals surface area contributed by atoms with Crippen LogP contribution in [0.1, 0.15) is 4.88 Å². The van der Waals surface area contributed by atoms with Gasteiger partial charge < -0.3 is 4.74 Å². The number of hydrogen-bond donors (Lipinski definition) is 0. The van der Waals surface area contributed by atoms with Gasteiger partial charge in [-0.1, -0.05) is 0 Å². The lowest BCUT2D eigenvalue weighted by Crippen LogP contribution is -2.34. The Hall–Kier alpha value is -1.12. The van der Waals surface area contributed by atoms with Crippen molar-refractivity contribution in [3.8, 4) is 0 Å². The number of methoxy groups -OCH3 is 1. The first-order valence-electron chi connectivity index (χ1n) is 5.07. The lowest BCUT2D eigenvalue weighted by atomic mass is 10.3. The van der Waals surface area contributed by atoms with E-state index < -0.39 is 17.1 Å². The third-order valence-electron chi connectivity index (χ3n) is 2.25. The number of hydrogen-bond acceptors (Lipinski definition) is 6. The zero-order chi connectivity index (χ0) is 14.0. The van der Waals surface area contributed by atoms with Crippen molar-refractivity contribution in [2.24, 2.45) is 0 Å². The van der Waals surface area contributed by atoms with Crippen LogP contribution in [0.2, 0.25) is 0 Å². The summed E-state index contributed by atoms with van der Waals surface area (Å²) in [6.07, 6.45) is 1.64. The van der Waals surface area contributed by atoms with Gasteiger partial charge in [-0.15, -0.1) is 11.3 Å². The van der Waals surface area contributed by atoms with Crippen LogP contribution in [0, 0.1) is 0 Å². The first-order chi connectivity index (χ1) is 9.01. The Balaban J connectivity index is 2.18. The highest BCUT2D eigenvalue weighted by atomic mass is 79.9. The summed E-state index contributed by atoms with van der Waals surface area (Å²) in [7, 11) is 1.21. The fraction of sp³-hybridized carbons (Fsp3) is 0.182. The molecule has 0 aromatic carbocycles. The summed E-state index contributed by atoms with van der Waals surface area (Å²) in [5.74, 6) is -1.09. The van der Waals surface area contributed by atoms with Crippen LogP contribution < -0.4 is 0 Å². The average Bonchev–Trinajstić information content (AvgIpc) is 2.88. The van der Waals surface area contributed by atoms with E-state index in [1.54, 1.807) is 6.08 Å². The van der Waals surface area contributed by atoms with Gasteiger partial charge in [-0.25, -0.2) is 0 Å². The minimum Gasteiger partial charge on any atom is -0.468 e. The van der Waals surface area contributed by atoms with Gasteiger partial charge in [-0.2, -0.15) is 0 Å². The molecule has 19 heavy (non-hydrogen) atoms. The highest BCUT2D eigenvalue weighted by Crippen LogP contribution is 2.33. The molecule has 0 bridgehead atoms. The fourth-order valence-electron chi connectivity index (χ4n) is 1.36. The molecule has 0 N–H and O–H groups in total. The lowest BCUT2D eigenvalue weighted by molar-refractivity contribution is -0.143. The average molecular weight is 362 g/mol. The molecule has 0 radical (unpaired) electrons. The third-order valence-corrected chi connectivity index (χ3v) is 4.80. The number of thiophene rings is 1. The summed E-state index contributed by atoms with van der Waals surface area (Å²) < 4.78 is 5.36. The quantitative estimate of drug-likeness (QED) is 0.611. The molecule has 0 aliphatic carbocycles. The number of esters is 1. The molecule has 1 saturated heterocycles. The molecular formula is C11H8BrNO4S2. The molecule has 0 atom stereocenters. The first kappa shape index (κ1) is 14.3. The van der Waals surface area contributed by atoms with E-state index in [2.05, 4.69) is 20.7 Å². The molecular weight excluding hydrogens is 354 g/mol. The number of carbonyl (C=O) groups excluding carboxylic acids is 3. The van der Waals surface area contributed by atoms with Crippen molar-refractivity contribution in [1.29, 1.82) is 0 Å². The van der Waals surface area contributed by atoms with E-state index in [0.29, 0.717) is 4.91 Å². The van der Waals surface area contributed by atoms with E-state index in [1.165, 1.54) is 18.4 Å². The van der Waals surface area contributed by atoms with E-state index in [1.807, 2.05) is 11.4 Å². The number of nitrogens with zero attached hydrogens (tertiary/aromatic N) is 1. The predicted octanol–water partition coefficient (Wildman–Crippen LogP) is 2.72. The topological polar surface area (TPSA) is 63.7 Å². The molecule has 1 fully saturated rings. The molecule has 0 unspecified atom stereocenters. The smallest absolute Gasteiger partial charge is 0.325 e. The predicted molar refractivity (Wildman–Crippen MR) is 76.7 cm³/mol. The second kappa shape index (κ2) is 5.89. The van der Waals surface area contributed by atoms with Crippen LogP contribution in [0.3, 0.4) is 0 Å². The van der Waals surface area contributed by atoms with E-state index in [9.17, 15) is 14.4 Å². The van der Waals surface area contributed by atoms with Crippen LogP contribution in [0.25, 0.3) is 6.08 Å². The van der Waals surface area contributed by atoms with Gasteiger partial charge in [-0.05, 0) is 39.8 Å². The first-order valence-corrected chi connectivity index (χ1v) is 7.56. The Morgan fingerprint density at radius 3 is 2.84 bits per heavy atom. The zero-order valence-corrected chi connectivity index (χ0v) is 12.9. The summed E-state index contributed by atoms with van der Waals surface area (Å²) in [6.45, 7) is -0.355. The van der Waals surface area contributed by atoms with Crippen molar-refractivity contribution in [2.45, 2.75) is 0 Å². The number of halogens is 1. The molecule has 1 aromatic rings. The van der Waals surface area contributed by atoms with Gasteiger partial charge in [0.05, 0.1) is 12.0 Å². The zero-order valence-electron chi connectivity index (χ0n) is 9.71. The molecule has 1 aliphatic heterocycles. The minimum atomic E-state index is -0.623. The lowest BCUT2D eigenvalue weighted by Gasteiger charge is -2.09. The normalized spacial score (nSPS) is 17.4. The highest BCUT2D eigenvalue weighted by Gasteiger charge is 2.36. The SMILES string of the molecule is COC(=O)CN1C(=O)S/C(=C/c2cc(Br)cs2)C1=O. The molecule has 2 amide bonds. The van der Waals surface area contributed by atoms with Crippen LogP contribution in [0.15, 0.2) is 20.8 Å². The summed E-state index contributed by atoms with van der Waals surface area (Å²) in [4.78, 5) is 36.8. The number of ether oxygens (including phenoxy) is 1. The van der Waals surface area contributed by atoms with Crippen molar-refractivity contribution in [3.63, 3.8) is 0 Å². The third kappa shape index (κ3) is 3.26. The summed E-state index contributed by atoms with van der Waals surface area (Å²) in [6, 6.07) is 1.85. The van der Waals surface area contributed by atoms with Crippen LogP contribution in [0.4, 0.5) is 4.79 Å². The fourth-order valence-corrected chi connectivity index (χ4v) is 3.64. The van der Waals surface area contributed by atoms with Gasteiger partial charge in [0.1, 0.15) is 6.54 Å². The van der Waals surface area contributed by atoms with Crippen molar-refractivity contribution >= 4 is 62.2 Å². The molecule has 1 aromatic heterocycles. The van der Waals surface area contributed by atoms with Crippen LogP contribution >= 0.6 is 39.0 Å². The summed E-state index contributed by atoms with van der Waals surface area (Å²) >= 11 is 5.58. The minimum absolute atomic E-state index is 0.309. The summed E-state index contributed by atoms with van der Waals surface area (Å²) in [5.41, 5.74) is 0. The number of thioether (sulfide) groups is 1. The number of imide groups is 1. The molecule has 100 valence electrons. The van der Waals surface area contributed by atoms with Crippen molar-refractivity contribution < 1.29 is 19.1 Å². The Labute approximate surface area is 125 Å². The Morgan fingerprint density at radius 1 is 1.53 bits per heavy atom. The standard InChI is InChI=1S/C11H8BrNO4S2/c1-17-9(14)4-13-10(15)8(19-11(13)16)3-7-2-6(12)5-18-7/h2-3,5H,4H2,1H3/b8-3+. The van der Waals surface area contributed by atoms with Gasteiger partial charge in [-0.3, -0.25) is 19.3 Å². The number of carbonyl (C=O) groups is 3. The second-order valence-electron chi connectivity index (χ2n) is 3.51. The van der Waals surface area contributed by atoms with Crippen LogP contribution in [0.5, 0.6) is 0 Å². The monoisotopic (exact) mass is 361 g/mol. The summed E-state index contributed by atoms with van der Waals surface area (Å²) in [5, 5.41) is 1.42. The van der Waals surface area contributed by atoms with Gasteiger partial charge in [0.2, 0.25) is 0 Å². The van der Waals surface area contributed by atoms with Gasteiger partial charge in [0.25, 0.3) is 11.1 Å².